The average molecular weight is 185 g/mol. The van der Waals surface area contributed by atoms with Gasteiger partial charge in [-0.05, 0) is 24.1 Å². The molecule has 4 nitrogen and oxygen atoms in total. The molecule has 0 spiro atoms. The third-order valence-corrected chi connectivity index (χ3v) is 1.38. The zero-order chi connectivity index (χ0) is 12.6. The highest BCUT2D eigenvalue weighted by atomic mass is 16.4. The van der Waals surface area contributed by atoms with Gasteiger partial charge in [0, 0.05) is 2.74 Å². The molecule has 1 aromatic carbocycles. The second-order valence-electron chi connectivity index (χ2n) is 2.39. The lowest BCUT2D eigenvalue weighted by molar-refractivity contribution is -0.138. The van der Waals surface area contributed by atoms with Crippen molar-refractivity contribution in [1.82, 2.24) is 0 Å². The lowest BCUT2D eigenvalue weighted by atomic mass is 10.2. The number of nitrogens with two attached hydrogens (primary N) is 1. The first-order valence-corrected chi connectivity index (χ1v) is 3.51. The quantitative estimate of drug-likeness (QED) is 0.593. The first-order chi connectivity index (χ1) is 7.19. The minimum absolute atomic E-state index is 0.0785. The minimum atomic E-state index is -2.79. The molecule has 0 radical (unpaired) electrons. The molecule has 1 aromatic rings. The van der Waals surface area contributed by atoms with E-state index in [1.165, 1.54) is 24.3 Å². The fourth-order valence-electron chi connectivity index (χ4n) is 0.754. The number of carboxylic acid groups (broad SMARTS) is 1. The number of hydrogen-bond acceptors (Lipinski definition) is 3. The summed E-state index contributed by atoms with van der Waals surface area (Å²) in [6.07, 6.45) is -2.56. The predicted molar refractivity (Wildman–Crippen MR) is 47.4 cm³/mol. The number of rotatable bonds is 3. The van der Waals surface area contributed by atoms with Crippen LogP contribution in [0.4, 0.5) is 0 Å². The van der Waals surface area contributed by atoms with E-state index in [0.29, 0.717) is 0 Å². The molecule has 13 heavy (non-hydrogen) atoms. The molecule has 1 rings (SSSR count). The second-order valence-corrected chi connectivity index (χ2v) is 2.39. The van der Waals surface area contributed by atoms with Crippen molar-refractivity contribution >= 4 is 5.97 Å². The van der Waals surface area contributed by atoms with Crippen molar-refractivity contribution in [2.75, 3.05) is 0 Å². The number of aromatic hydroxyl groups is 1. The number of phenolic OH excluding ortho intramolecular Hbond substituents is 1. The molecule has 70 valence electrons. The van der Waals surface area contributed by atoms with Crippen LogP contribution in [0.25, 0.3) is 0 Å². The smallest absolute Gasteiger partial charge is 0.320 e. The number of aliphatic carboxylic acids is 1. The summed E-state index contributed by atoms with van der Waals surface area (Å²) >= 11 is 0. The van der Waals surface area contributed by atoms with E-state index in [-0.39, 0.29) is 11.3 Å². The van der Waals surface area contributed by atoms with Crippen molar-refractivity contribution < 1.29 is 19.1 Å². The van der Waals surface area contributed by atoms with Gasteiger partial charge in [0.2, 0.25) is 0 Å². The lowest BCUT2D eigenvalue weighted by Gasteiger charge is -2.05. The monoisotopic (exact) mass is 185 g/mol. The maximum atomic E-state index is 10.7. The van der Waals surface area contributed by atoms with Gasteiger partial charge in [0.15, 0.2) is 0 Å². The summed E-state index contributed by atoms with van der Waals surface area (Å²) in [7, 11) is 0. The van der Waals surface area contributed by atoms with Gasteiger partial charge in [0.25, 0.3) is 0 Å². The molecule has 0 amide bonds. The van der Waals surface area contributed by atoms with E-state index in [1.807, 2.05) is 0 Å². The molecule has 4 heteroatoms. The molecule has 0 aliphatic heterocycles. The highest BCUT2D eigenvalue weighted by molar-refractivity contribution is 5.73. The third kappa shape index (κ3) is 2.76. The van der Waals surface area contributed by atoms with Gasteiger partial charge < -0.3 is 15.9 Å². The Kier molecular flexibility index (Phi) is 1.80. The minimum Gasteiger partial charge on any atom is -0.508 e. The maximum absolute atomic E-state index is 10.7. The van der Waals surface area contributed by atoms with E-state index in [1.54, 1.807) is 0 Å². The van der Waals surface area contributed by atoms with Crippen molar-refractivity contribution in [3.63, 3.8) is 0 Å². The number of hydrogen-bond donors (Lipinski definition) is 3. The molecule has 0 unspecified atom stereocenters. The van der Waals surface area contributed by atoms with Crippen LogP contribution in [-0.4, -0.2) is 22.2 Å². The summed E-state index contributed by atoms with van der Waals surface area (Å²) in [5, 5.41) is 17.7. The molecule has 0 saturated carbocycles. The Labute approximate surface area is 79.8 Å². The highest BCUT2D eigenvalue weighted by Gasteiger charge is 2.11. The first kappa shape index (κ1) is 5.99. The van der Waals surface area contributed by atoms with Gasteiger partial charge in [-0.1, -0.05) is 12.1 Å². The SMILES string of the molecule is [2H][C@@](N)(C(=O)O)[13C]([2H])([2H])c1ccc(O)cc1. The number of carbonyl (C=O) groups is 1. The van der Waals surface area contributed by atoms with Gasteiger partial charge in [-0.25, -0.2) is 0 Å². The van der Waals surface area contributed by atoms with Gasteiger partial charge in [0.05, 0.1) is 1.37 Å². The molecule has 1 atom stereocenters. The Balaban J connectivity index is 3.20. The number of benzene rings is 1. The Hall–Kier alpha value is -1.55. The van der Waals surface area contributed by atoms with Gasteiger partial charge in [-0.2, -0.15) is 0 Å². The molecule has 0 bridgehead atoms. The molecule has 0 aromatic heterocycles. The van der Waals surface area contributed by atoms with Crippen LogP contribution in [-0.2, 0) is 11.2 Å². The van der Waals surface area contributed by atoms with Crippen LogP contribution >= 0.6 is 0 Å². The zero-order valence-electron chi connectivity index (χ0n) is 9.69. The van der Waals surface area contributed by atoms with Crippen LogP contribution in [0, 0.1) is 0 Å². The largest absolute Gasteiger partial charge is 0.508 e. The van der Waals surface area contributed by atoms with Crippen molar-refractivity contribution in [1.29, 1.82) is 0 Å². The molecule has 0 fully saturated rings. The van der Waals surface area contributed by atoms with E-state index < -0.39 is 18.4 Å². The number of phenols is 1. The summed E-state index contributed by atoms with van der Waals surface area (Å²) in [5.74, 6) is -1.84. The van der Waals surface area contributed by atoms with Gasteiger partial charge in [-0.3, -0.25) is 4.79 Å². The van der Waals surface area contributed by atoms with E-state index in [9.17, 15) is 4.79 Å². The van der Waals surface area contributed by atoms with Crippen LogP contribution in [0.3, 0.4) is 0 Å². The van der Waals surface area contributed by atoms with E-state index >= 15 is 0 Å². The van der Waals surface area contributed by atoms with Crippen molar-refractivity contribution in [3.8, 4) is 5.75 Å². The standard InChI is InChI=1S/C9H11NO3/c10-8(9(12)13)5-6-1-3-7(11)4-2-6/h1-4,8,11H,5,10H2,(H,12,13)/t8-/m0/s1/i5+1D2,8D. The van der Waals surface area contributed by atoms with Crippen LogP contribution < -0.4 is 5.73 Å². The van der Waals surface area contributed by atoms with Gasteiger partial charge >= 0.3 is 5.97 Å². The molecular formula is C9H11NO3. The summed E-state index contributed by atoms with van der Waals surface area (Å²) in [4.78, 5) is 10.7. The normalized spacial score (nSPS) is 19.3. The summed E-state index contributed by atoms with van der Waals surface area (Å²) in [6.45, 7) is 0. The molecule has 0 aliphatic rings. The Morgan fingerprint density at radius 2 is 2.15 bits per heavy atom. The maximum Gasteiger partial charge on any atom is 0.320 e. The zero-order valence-corrected chi connectivity index (χ0v) is 6.69. The van der Waals surface area contributed by atoms with Crippen molar-refractivity contribution in [3.05, 3.63) is 29.8 Å². The highest BCUT2D eigenvalue weighted by Crippen LogP contribution is 2.10. The average Bonchev–Trinajstić information content (AvgIpc) is 2.17. The Morgan fingerprint density at radius 3 is 2.62 bits per heavy atom. The summed E-state index contributed by atoms with van der Waals surface area (Å²) in [5.41, 5.74) is 5.06. The predicted octanol–water partition coefficient (Wildman–Crippen LogP) is 0.347. The van der Waals surface area contributed by atoms with E-state index in [4.69, 9.17) is 20.1 Å². The first-order valence-electron chi connectivity index (χ1n) is 5.01. The Bertz CT molecular complexity index is 403. The van der Waals surface area contributed by atoms with Crippen LogP contribution in [0.5, 0.6) is 5.75 Å². The molecular weight excluding hydrogens is 171 g/mol. The van der Waals surface area contributed by atoms with E-state index in [0.717, 1.165) is 0 Å². The second kappa shape index (κ2) is 3.91. The van der Waals surface area contributed by atoms with Crippen LogP contribution in [0.1, 0.15) is 9.68 Å². The van der Waals surface area contributed by atoms with Crippen LogP contribution in [0.15, 0.2) is 24.3 Å². The fourth-order valence-corrected chi connectivity index (χ4v) is 0.754. The molecule has 0 saturated heterocycles. The van der Waals surface area contributed by atoms with E-state index in [2.05, 4.69) is 0 Å². The fraction of sp³-hybridized carbons (Fsp3) is 0.222. The topological polar surface area (TPSA) is 83.6 Å². The van der Waals surface area contributed by atoms with Crippen LogP contribution in [0.2, 0.25) is 0 Å². The summed E-state index contributed by atoms with van der Waals surface area (Å²) < 4.78 is 22.4. The third-order valence-electron chi connectivity index (χ3n) is 1.38. The Morgan fingerprint density at radius 1 is 1.62 bits per heavy atom. The van der Waals surface area contributed by atoms with Crippen molar-refractivity contribution in [2.24, 2.45) is 5.73 Å². The summed E-state index contributed by atoms with van der Waals surface area (Å²) in [6, 6.07) is 1.99. The van der Waals surface area contributed by atoms with Crippen molar-refractivity contribution in [2.45, 2.75) is 12.4 Å². The number of carboxylic acids is 1. The molecule has 0 aliphatic carbocycles. The van der Waals surface area contributed by atoms with Gasteiger partial charge in [0.1, 0.15) is 11.8 Å². The lowest BCUT2D eigenvalue weighted by Crippen LogP contribution is -2.32. The van der Waals surface area contributed by atoms with Gasteiger partial charge in [-0.15, -0.1) is 0 Å². The molecule has 0 heterocycles. The molecule has 4 N–H and O–H groups in total.